The first-order valence-electron chi connectivity index (χ1n) is 24.4. The summed E-state index contributed by atoms with van der Waals surface area (Å²) in [6, 6.07) is 19.3. The van der Waals surface area contributed by atoms with E-state index in [1.165, 1.54) is 9.78 Å². The minimum atomic E-state index is -1.07. The van der Waals surface area contributed by atoms with E-state index in [-0.39, 0.29) is 49.6 Å². The Morgan fingerprint density at radius 2 is 1.67 bits per heavy atom. The maximum absolute atomic E-state index is 14.4. The van der Waals surface area contributed by atoms with Crippen molar-refractivity contribution in [3.63, 3.8) is 0 Å². The highest BCUT2D eigenvalue weighted by molar-refractivity contribution is 7.13. The number of carbonyl (C=O) groups is 4. The maximum atomic E-state index is 14.4. The number of aliphatic imine (C=N–C) groups is 1. The van der Waals surface area contributed by atoms with E-state index >= 15 is 0 Å². The number of aliphatic hydroxyl groups excluding tert-OH is 1. The summed E-state index contributed by atoms with van der Waals surface area (Å²) in [4.78, 5) is 70.2. The molecule has 6 heterocycles. The molecule has 4 N–H and O–H groups in total. The van der Waals surface area contributed by atoms with Crippen LogP contribution in [0.5, 0.6) is 5.75 Å². The molecule has 380 valence electrons. The van der Waals surface area contributed by atoms with Crippen molar-refractivity contribution < 1.29 is 33.4 Å². The molecule has 3 aliphatic rings. The second-order valence-electron chi connectivity index (χ2n) is 20.3. The standard InChI is InChI=1S/C55H59ClN8O7S2/c1-27(24-57-44(66)23-40-48-46(30(4)62-63-48)50-45(28(2)32(6)73-50)47(60-40)34-14-17-37(56)18-15-34)70-39-19-16-36-20-43(71-42(36)22-39)53(68)61-51(55(7,8)9)54(69)64-25-38(65)21-41(64)52(67)59-29(3)33-10-12-35(13-11-33)49-31(5)58-26-72-49/h10-20,22,26-27,29,38,40-41,46,51,65H,21,23-25H2,1-9H3,(H,57,66)(H,59,67)(H,61,68)/t27-,29+,38-,40+,41+,46?,51-/m1/s1. The number of β-amino-alcohol motifs (C(OH)–C–C–N with tert-alkyl or cyclic N) is 1. The summed E-state index contributed by atoms with van der Waals surface area (Å²) in [6.45, 7) is 17.5. The molecule has 7 atom stereocenters. The van der Waals surface area contributed by atoms with Crippen molar-refractivity contribution in [3.8, 4) is 16.2 Å². The van der Waals surface area contributed by atoms with Crippen LogP contribution in [0.2, 0.25) is 5.02 Å². The molecule has 9 rings (SSSR count). The van der Waals surface area contributed by atoms with Gasteiger partial charge in [-0.25, -0.2) is 4.98 Å². The molecular weight excluding hydrogens is 984 g/mol. The average Bonchev–Trinajstić information content (AvgIpc) is 4.19. The zero-order chi connectivity index (χ0) is 52.0. The SMILES string of the molecule is CC1=NN=C2C1c1sc(C)c(C)c1C(c1ccc(Cl)cc1)=N[C@H]2CC(=O)NC[C@@H](C)Oc1ccc2cc(C(=O)N[C@H](C(=O)N3C[C@H](O)C[C@H]3C(=O)N[C@@H](C)c3ccc(-c4scnc4C)cc3)C(C)(C)C)oc2c1. The molecule has 0 bridgehead atoms. The quantitative estimate of drug-likeness (QED) is 0.0827. The molecule has 15 nitrogen and oxygen atoms in total. The van der Waals surface area contributed by atoms with E-state index < -0.39 is 53.5 Å². The highest BCUT2D eigenvalue weighted by Gasteiger charge is 2.45. The van der Waals surface area contributed by atoms with E-state index in [0.29, 0.717) is 21.7 Å². The van der Waals surface area contributed by atoms with Gasteiger partial charge in [0.1, 0.15) is 35.6 Å². The van der Waals surface area contributed by atoms with Gasteiger partial charge in [0.15, 0.2) is 5.76 Å². The van der Waals surface area contributed by atoms with Crippen LogP contribution < -0.4 is 20.7 Å². The number of hydrogen-bond donors (Lipinski definition) is 4. The zero-order valence-corrected chi connectivity index (χ0v) is 44.6. The first-order chi connectivity index (χ1) is 34.7. The number of halogens is 1. The summed E-state index contributed by atoms with van der Waals surface area (Å²) in [5.74, 6) is -1.46. The molecule has 3 aromatic carbocycles. The summed E-state index contributed by atoms with van der Waals surface area (Å²) in [5, 5.41) is 30.0. The normalized spacial score (nSPS) is 19.7. The first kappa shape index (κ1) is 51.4. The number of aromatic nitrogens is 1. The summed E-state index contributed by atoms with van der Waals surface area (Å²) >= 11 is 9.56. The Hall–Kier alpha value is -6.53. The van der Waals surface area contributed by atoms with Gasteiger partial charge < -0.3 is 35.1 Å². The lowest BCUT2D eigenvalue weighted by Crippen LogP contribution is -2.57. The third-order valence-electron chi connectivity index (χ3n) is 13.7. The molecule has 1 fully saturated rings. The van der Waals surface area contributed by atoms with Crippen molar-refractivity contribution in [2.24, 2.45) is 20.6 Å². The molecule has 6 aromatic rings. The van der Waals surface area contributed by atoms with Crippen molar-refractivity contribution in [2.75, 3.05) is 13.1 Å². The Bertz CT molecular complexity index is 3200. The number of amides is 4. The van der Waals surface area contributed by atoms with Gasteiger partial charge in [0.05, 0.1) is 64.2 Å². The van der Waals surface area contributed by atoms with Gasteiger partial charge in [-0.3, -0.25) is 24.2 Å². The third kappa shape index (κ3) is 10.8. The van der Waals surface area contributed by atoms with Crippen molar-refractivity contribution in [1.29, 1.82) is 0 Å². The van der Waals surface area contributed by atoms with Gasteiger partial charge in [0.2, 0.25) is 17.7 Å². The number of nitrogens with one attached hydrogen (secondary N) is 3. The van der Waals surface area contributed by atoms with Gasteiger partial charge in [0, 0.05) is 50.3 Å². The number of aryl methyl sites for hydroxylation is 2. The van der Waals surface area contributed by atoms with Crippen LogP contribution in [0.3, 0.4) is 0 Å². The fourth-order valence-electron chi connectivity index (χ4n) is 9.66. The third-order valence-corrected chi connectivity index (χ3v) is 16.2. The first-order valence-corrected chi connectivity index (χ1v) is 26.4. The Morgan fingerprint density at radius 3 is 2.37 bits per heavy atom. The monoisotopic (exact) mass is 1040 g/mol. The van der Waals surface area contributed by atoms with E-state index in [1.807, 2.05) is 103 Å². The van der Waals surface area contributed by atoms with E-state index in [4.69, 9.17) is 25.7 Å². The number of aliphatic hydroxyl groups is 1. The number of carbonyl (C=O) groups excluding carboxylic acids is 4. The largest absolute Gasteiger partial charge is 0.489 e. The molecule has 0 saturated carbocycles. The smallest absolute Gasteiger partial charge is 0.287 e. The van der Waals surface area contributed by atoms with Crippen LogP contribution in [0.25, 0.3) is 21.4 Å². The summed E-state index contributed by atoms with van der Waals surface area (Å²) in [5.41, 5.74) is 9.78. The number of thiazole rings is 1. The lowest BCUT2D eigenvalue weighted by molar-refractivity contribution is -0.142. The molecule has 1 saturated heterocycles. The van der Waals surface area contributed by atoms with Crippen LogP contribution >= 0.6 is 34.3 Å². The van der Waals surface area contributed by atoms with Crippen LogP contribution in [-0.4, -0.2) is 99.2 Å². The van der Waals surface area contributed by atoms with Crippen molar-refractivity contribution >= 4 is 86.0 Å². The molecule has 0 radical (unpaired) electrons. The van der Waals surface area contributed by atoms with Crippen LogP contribution in [0.1, 0.15) is 115 Å². The topological polar surface area (TPSA) is 200 Å². The van der Waals surface area contributed by atoms with Gasteiger partial charge >= 0.3 is 0 Å². The van der Waals surface area contributed by atoms with Crippen LogP contribution in [-0.2, 0) is 14.4 Å². The Labute approximate surface area is 437 Å². The number of furan rings is 1. The molecule has 0 aliphatic carbocycles. The highest BCUT2D eigenvalue weighted by Crippen LogP contribution is 2.42. The Kier molecular flexibility index (Phi) is 14.6. The summed E-state index contributed by atoms with van der Waals surface area (Å²) in [6.07, 6.45) is -1.26. The van der Waals surface area contributed by atoms with Crippen LogP contribution in [0.4, 0.5) is 0 Å². The highest BCUT2D eigenvalue weighted by atomic mass is 35.5. The molecule has 0 spiro atoms. The molecule has 3 aliphatic heterocycles. The number of thiophene rings is 1. The number of ether oxygens (including phenoxy) is 1. The number of likely N-dealkylation sites (tertiary alicyclic amines) is 1. The van der Waals surface area contributed by atoms with Gasteiger partial charge in [-0.1, -0.05) is 68.8 Å². The van der Waals surface area contributed by atoms with Gasteiger partial charge in [0.25, 0.3) is 5.91 Å². The van der Waals surface area contributed by atoms with Gasteiger partial charge in [-0.15, -0.1) is 22.7 Å². The molecule has 73 heavy (non-hydrogen) atoms. The second-order valence-corrected chi connectivity index (χ2v) is 22.8. The number of hydrogen-bond acceptors (Lipinski definition) is 13. The Balaban J connectivity index is 0.824. The van der Waals surface area contributed by atoms with Crippen molar-refractivity contribution in [3.05, 3.63) is 127 Å². The molecule has 18 heteroatoms. The lowest BCUT2D eigenvalue weighted by atomic mass is 9.85. The van der Waals surface area contributed by atoms with Gasteiger partial charge in [-0.2, -0.15) is 10.2 Å². The molecular formula is C55H59ClN8O7S2. The molecule has 4 amide bonds. The molecule has 3 aromatic heterocycles. The number of fused-ring (bicyclic) bond motifs is 4. The number of benzene rings is 3. The minimum Gasteiger partial charge on any atom is -0.489 e. The predicted molar refractivity (Wildman–Crippen MR) is 288 cm³/mol. The second kappa shape index (κ2) is 20.8. The fourth-order valence-corrected chi connectivity index (χ4v) is 11.9. The number of nitrogens with zero attached hydrogens (tertiary/aromatic N) is 5. The predicted octanol–water partition coefficient (Wildman–Crippen LogP) is 9.29. The summed E-state index contributed by atoms with van der Waals surface area (Å²) in [7, 11) is 0. The van der Waals surface area contributed by atoms with Crippen LogP contribution in [0.15, 0.2) is 97.9 Å². The van der Waals surface area contributed by atoms with Crippen LogP contribution in [0, 0.1) is 26.2 Å². The van der Waals surface area contributed by atoms with Crippen molar-refractivity contribution in [1.82, 2.24) is 25.8 Å². The minimum absolute atomic E-state index is 0.0222. The van der Waals surface area contributed by atoms with E-state index in [9.17, 15) is 24.3 Å². The van der Waals surface area contributed by atoms with E-state index in [0.717, 1.165) is 60.4 Å². The zero-order valence-electron chi connectivity index (χ0n) is 42.2. The Morgan fingerprint density at radius 1 is 0.945 bits per heavy atom. The average molecular weight is 1040 g/mol. The number of rotatable bonds is 14. The van der Waals surface area contributed by atoms with E-state index in [2.05, 4.69) is 45.0 Å². The van der Waals surface area contributed by atoms with Crippen molar-refractivity contribution in [2.45, 2.75) is 117 Å². The summed E-state index contributed by atoms with van der Waals surface area (Å²) < 4.78 is 12.3. The maximum Gasteiger partial charge on any atom is 0.287 e. The van der Waals surface area contributed by atoms with E-state index in [1.54, 1.807) is 46.9 Å². The molecule has 1 unspecified atom stereocenters. The van der Waals surface area contributed by atoms with Gasteiger partial charge in [-0.05, 0) is 94.0 Å². The lowest BCUT2D eigenvalue weighted by Gasteiger charge is -2.35. The fraction of sp³-hybridized carbons (Fsp3) is 0.382.